The molecule has 1 N–H and O–H groups in total. The first-order chi connectivity index (χ1) is 32.8. The van der Waals surface area contributed by atoms with Crippen LogP contribution in [0.4, 0.5) is 0 Å². The zero-order chi connectivity index (χ0) is 49.7. The number of para-hydroxylation sites is 1. The molecule has 4 nitrogen and oxygen atoms in total. The molecule has 0 aliphatic heterocycles. The lowest BCUT2D eigenvalue weighted by Crippen LogP contribution is -2.12. The van der Waals surface area contributed by atoms with Gasteiger partial charge in [0.05, 0.1) is 34.8 Å². The Labute approximate surface area is 389 Å². The molecule has 2 heterocycles. The van der Waals surface area contributed by atoms with Gasteiger partial charge in [-0.1, -0.05) is 166 Å². The van der Waals surface area contributed by atoms with Gasteiger partial charge in [0.15, 0.2) is 0 Å². The number of hydrogen-bond donors (Lipinski definition) is 1. The summed E-state index contributed by atoms with van der Waals surface area (Å²) in [7, 11) is 0. The Bertz CT molecular complexity index is 3180. The highest BCUT2D eigenvalue weighted by Gasteiger charge is 2.28. The molecule has 0 aliphatic rings. The van der Waals surface area contributed by atoms with Crippen molar-refractivity contribution in [3.8, 4) is 67.5 Å². The topological polar surface area (TPSA) is 50.9 Å². The molecule has 64 heavy (non-hydrogen) atoms. The maximum atomic E-state index is 12.7. The highest BCUT2D eigenvalue weighted by atomic mass is 16.3. The summed E-state index contributed by atoms with van der Waals surface area (Å²) in [6.07, 6.45) is 5.38. The summed E-state index contributed by atoms with van der Waals surface area (Å²) in [6.45, 7) is 22.1. The van der Waals surface area contributed by atoms with Crippen molar-refractivity contribution in [3.63, 3.8) is 0 Å². The van der Waals surface area contributed by atoms with E-state index in [0.29, 0.717) is 28.6 Å². The van der Waals surface area contributed by atoms with Gasteiger partial charge < -0.3 is 5.11 Å². The third-order valence-electron chi connectivity index (χ3n) is 13.1. The lowest BCUT2D eigenvalue weighted by molar-refractivity contribution is 0.457. The Morgan fingerprint density at radius 1 is 0.578 bits per heavy atom. The maximum Gasteiger partial charge on any atom is 0.149 e. The third kappa shape index (κ3) is 8.68. The molecule has 2 aromatic heterocycles. The van der Waals surface area contributed by atoms with Crippen molar-refractivity contribution < 1.29 is 12.0 Å². The molecule has 0 spiro atoms. The second-order valence-corrected chi connectivity index (χ2v) is 19.3. The van der Waals surface area contributed by atoms with Gasteiger partial charge in [0.2, 0.25) is 0 Å². The molecule has 0 saturated heterocycles. The fourth-order valence-corrected chi connectivity index (χ4v) is 9.19. The van der Waals surface area contributed by atoms with E-state index >= 15 is 0 Å². The van der Waals surface area contributed by atoms with Gasteiger partial charge >= 0.3 is 0 Å². The fraction of sp³-hybridized carbons (Fsp3) is 0.300. The minimum absolute atomic E-state index is 0.133. The van der Waals surface area contributed by atoms with E-state index in [1.165, 1.54) is 11.1 Å². The Morgan fingerprint density at radius 3 is 1.94 bits per heavy atom. The number of rotatable bonds is 12. The first kappa shape index (κ1) is 38.2. The molecule has 8 rings (SSSR count). The van der Waals surface area contributed by atoms with Crippen molar-refractivity contribution in [3.05, 3.63) is 168 Å². The number of benzene rings is 6. The summed E-state index contributed by atoms with van der Waals surface area (Å²) in [5, 5.41) is 12.7. The Hall–Kier alpha value is -6.26. The van der Waals surface area contributed by atoms with Crippen LogP contribution in [0.3, 0.4) is 0 Å². The van der Waals surface area contributed by atoms with Crippen molar-refractivity contribution in [1.29, 1.82) is 0 Å². The predicted octanol–water partition coefficient (Wildman–Crippen LogP) is 16.9. The molecular weight excluding hydrogens is 779 g/mol. The molecule has 326 valence electrons. The number of fused-ring (bicyclic) bond motifs is 1. The summed E-state index contributed by atoms with van der Waals surface area (Å²) >= 11 is 0. The van der Waals surface area contributed by atoms with E-state index < -0.39 is 6.04 Å². The van der Waals surface area contributed by atoms with Gasteiger partial charge in [-0.25, -0.2) is 4.98 Å². The number of hydrogen-bond acceptors (Lipinski definition) is 3. The van der Waals surface area contributed by atoms with E-state index in [-0.39, 0.29) is 52.2 Å². The molecule has 0 fully saturated rings. The molecule has 0 atom stereocenters. The summed E-state index contributed by atoms with van der Waals surface area (Å²) in [4.78, 5) is 10.5. The Morgan fingerprint density at radius 2 is 1.27 bits per heavy atom. The van der Waals surface area contributed by atoms with E-state index in [9.17, 15) is 5.11 Å². The van der Waals surface area contributed by atoms with Crippen LogP contribution in [0.15, 0.2) is 146 Å². The SMILES string of the molecule is [2H]c1c([2H])c([2H])c(-c2ccnc(-c3cc(-c4cccc5c4nc(-c4cc(C(CC)CC)cc(C(CC)CC)c4O)n5-c4cc(C(C)(C)C)ccc4-c4ccccc4)cc(C(C)(C)C)c3)c2)c([2H])c1[2H]. The number of phenolic OH excluding ortho intramolecular Hbond substituents is 1. The second-order valence-electron chi connectivity index (χ2n) is 19.3. The highest BCUT2D eigenvalue weighted by Crippen LogP contribution is 2.46. The number of aromatic nitrogens is 3. The van der Waals surface area contributed by atoms with Crippen LogP contribution in [0.25, 0.3) is 72.7 Å². The van der Waals surface area contributed by atoms with E-state index in [2.05, 4.69) is 165 Å². The van der Waals surface area contributed by atoms with E-state index in [0.717, 1.165) is 81.3 Å². The normalized spacial score (nSPS) is 13.3. The standard InChI is InChI=1S/C60H65N3O/c1-11-39(12-2)44-35-51(40(13-3)14-4)57(64)52(36-44)58-62-56-50(26-21-27-54(56)63(58)55-38-47(59(5,6)7)28-29-49(55)42-24-19-16-20-25-42)45-32-46(34-48(33-45)60(8,9)10)53-37-43(30-31-61-53)41-22-17-15-18-23-41/h15-40,64H,11-14H2,1-10H3/i15D,17D,18D,22D,23D. The second kappa shape index (κ2) is 18.1. The fourth-order valence-electron chi connectivity index (χ4n) is 9.19. The maximum absolute atomic E-state index is 12.7. The van der Waals surface area contributed by atoms with E-state index in [4.69, 9.17) is 16.8 Å². The van der Waals surface area contributed by atoms with Crippen LogP contribution in [0.1, 0.15) is 136 Å². The van der Waals surface area contributed by atoms with Gasteiger partial charge in [-0.15, -0.1) is 0 Å². The first-order valence-corrected chi connectivity index (χ1v) is 23.1. The largest absolute Gasteiger partial charge is 0.507 e. The average molecular weight is 849 g/mol. The number of imidazole rings is 1. The third-order valence-corrected chi connectivity index (χ3v) is 13.1. The van der Waals surface area contributed by atoms with Crippen LogP contribution in [0, 0.1) is 0 Å². The number of aromatic hydroxyl groups is 1. The van der Waals surface area contributed by atoms with Gasteiger partial charge in [0.1, 0.15) is 11.6 Å². The average Bonchev–Trinajstić information content (AvgIpc) is 3.73. The molecule has 0 unspecified atom stereocenters. The molecule has 8 aromatic rings. The van der Waals surface area contributed by atoms with Gasteiger partial charge in [-0.05, 0) is 135 Å². The van der Waals surface area contributed by atoms with Crippen LogP contribution in [-0.4, -0.2) is 19.6 Å². The minimum atomic E-state index is -0.427. The highest BCUT2D eigenvalue weighted by molar-refractivity contribution is 5.98. The van der Waals surface area contributed by atoms with E-state index in [1.807, 2.05) is 12.1 Å². The van der Waals surface area contributed by atoms with Crippen molar-refractivity contribution in [1.82, 2.24) is 14.5 Å². The molecular formula is C60H65N3O. The molecule has 0 amide bonds. The Kier molecular flexibility index (Phi) is 10.8. The lowest BCUT2D eigenvalue weighted by Gasteiger charge is -2.24. The van der Waals surface area contributed by atoms with Gasteiger partial charge in [0, 0.05) is 22.9 Å². The van der Waals surface area contributed by atoms with Crippen molar-refractivity contribution in [2.24, 2.45) is 0 Å². The molecule has 0 bridgehead atoms. The van der Waals surface area contributed by atoms with Gasteiger partial charge in [-0.3, -0.25) is 9.55 Å². The number of phenols is 1. The number of nitrogens with zero attached hydrogens (tertiary/aromatic N) is 3. The summed E-state index contributed by atoms with van der Waals surface area (Å²) < 4.78 is 44.7. The number of pyridine rings is 1. The molecule has 6 aromatic carbocycles. The van der Waals surface area contributed by atoms with Crippen LogP contribution in [-0.2, 0) is 10.8 Å². The zero-order valence-electron chi connectivity index (χ0n) is 44.2. The molecule has 0 radical (unpaired) electrons. The van der Waals surface area contributed by atoms with Gasteiger partial charge in [-0.2, -0.15) is 0 Å². The van der Waals surface area contributed by atoms with Crippen molar-refractivity contribution >= 4 is 11.0 Å². The zero-order valence-corrected chi connectivity index (χ0v) is 39.2. The summed E-state index contributed by atoms with van der Waals surface area (Å²) in [5.41, 5.74) is 13.3. The minimum Gasteiger partial charge on any atom is -0.507 e. The first-order valence-electron chi connectivity index (χ1n) is 25.6. The monoisotopic (exact) mass is 849 g/mol. The van der Waals surface area contributed by atoms with Crippen LogP contribution < -0.4 is 0 Å². The van der Waals surface area contributed by atoms with Crippen LogP contribution >= 0.6 is 0 Å². The predicted molar refractivity (Wildman–Crippen MR) is 272 cm³/mol. The van der Waals surface area contributed by atoms with Crippen LogP contribution in [0.2, 0.25) is 0 Å². The Balaban J connectivity index is 1.47. The molecule has 4 heteroatoms. The van der Waals surface area contributed by atoms with Gasteiger partial charge in [0.25, 0.3) is 0 Å². The molecule has 0 aliphatic carbocycles. The summed E-state index contributed by atoms with van der Waals surface area (Å²) in [5.74, 6) is 1.41. The van der Waals surface area contributed by atoms with Crippen molar-refractivity contribution in [2.75, 3.05) is 0 Å². The van der Waals surface area contributed by atoms with E-state index in [1.54, 1.807) is 12.3 Å². The quantitative estimate of drug-likeness (QED) is 0.133. The smallest absolute Gasteiger partial charge is 0.149 e. The summed E-state index contributed by atoms with van der Waals surface area (Å²) in [6, 6.07) is 36.3. The lowest BCUT2D eigenvalue weighted by atomic mass is 9.83. The van der Waals surface area contributed by atoms with Crippen molar-refractivity contribution in [2.45, 2.75) is 118 Å². The van der Waals surface area contributed by atoms with Crippen LogP contribution in [0.5, 0.6) is 5.75 Å². The molecule has 0 saturated carbocycles.